The highest BCUT2D eigenvalue weighted by molar-refractivity contribution is 5.79. The molecule has 0 radical (unpaired) electrons. The van der Waals surface area contributed by atoms with Gasteiger partial charge < -0.3 is 15.4 Å². The first-order valence-electron chi connectivity index (χ1n) is 8.54. The second-order valence-corrected chi connectivity index (χ2v) is 7.15. The average Bonchev–Trinajstić information content (AvgIpc) is 3.18. The Hall–Kier alpha value is -1.19. The molecule has 2 saturated carbocycles. The maximum absolute atomic E-state index is 12.7. The maximum atomic E-state index is 12.7. The van der Waals surface area contributed by atoms with Gasteiger partial charge in [-0.2, -0.15) is 5.26 Å². The van der Waals surface area contributed by atoms with E-state index in [9.17, 15) is 9.18 Å². The smallest absolute Gasteiger partial charge is 0.237 e. The summed E-state index contributed by atoms with van der Waals surface area (Å²) in [5.41, 5.74) is 5.09. The van der Waals surface area contributed by atoms with E-state index in [1.165, 1.54) is 30.6 Å². The number of methoxy groups -OCH3 is 1. The average molecular weight is 325 g/mol. The van der Waals surface area contributed by atoms with Crippen LogP contribution in [0, 0.1) is 29.1 Å². The molecule has 3 fully saturated rings. The minimum Gasteiger partial charge on any atom is -0.381 e. The number of nitrogens with two attached hydrogens (primary N) is 1. The standard InChI is InChI=1S/C10H18O.C7H10FN3O/c1-7-3-8-5-10(11-2)6-9(8)4-7;8-5-1-6(2-9)11(4-5)7(12)3-10/h7-10H,3-6H2,1-2H3;5-6H,1,3-4,10H2/t7?,8-,9+,10?;. The van der Waals surface area contributed by atoms with E-state index in [1.54, 1.807) is 0 Å². The molecule has 5 nitrogen and oxygen atoms in total. The molecule has 4 unspecified atom stereocenters. The van der Waals surface area contributed by atoms with Crippen molar-refractivity contribution in [2.24, 2.45) is 23.5 Å². The van der Waals surface area contributed by atoms with Gasteiger partial charge in [0.2, 0.25) is 5.91 Å². The van der Waals surface area contributed by atoms with Crippen molar-refractivity contribution in [3.05, 3.63) is 0 Å². The highest BCUT2D eigenvalue weighted by Crippen LogP contribution is 2.47. The second kappa shape index (κ2) is 8.07. The number of carbonyl (C=O) groups is 1. The van der Waals surface area contributed by atoms with Crippen LogP contribution in [0.4, 0.5) is 4.39 Å². The minimum atomic E-state index is -1.08. The van der Waals surface area contributed by atoms with Crippen LogP contribution in [0.25, 0.3) is 0 Å². The Balaban J connectivity index is 0.000000167. The van der Waals surface area contributed by atoms with Crippen LogP contribution < -0.4 is 5.73 Å². The topological polar surface area (TPSA) is 79.3 Å². The number of carbonyl (C=O) groups excluding carboxylic acids is 1. The van der Waals surface area contributed by atoms with Gasteiger partial charge in [0.05, 0.1) is 25.3 Å². The summed E-state index contributed by atoms with van der Waals surface area (Å²) in [6, 6.07) is 1.24. The van der Waals surface area contributed by atoms with E-state index in [4.69, 9.17) is 15.7 Å². The fourth-order valence-electron chi connectivity index (χ4n) is 4.36. The van der Waals surface area contributed by atoms with E-state index in [-0.39, 0.29) is 25.4 Å². The van der Waals surface area contributed by atoms with E-state index >= 15 is 0 Å². The Morgan fingerprint density at radius 1 is 1.30 bits per heavy atom. The number of alkyl halides is 1. The van der Waals surface area contributed by atoms with Gasteiger partial charge in [-0.1, -0.05) is 6.92 Å². The summed E-state index contributed by atoms with van der Waals surface area (Å²) in [5, 5.41) is 8.55. The number of amides is 1. The lowest BCUT2D eigenvalue weighted by Gasteiger charge is -2.17. The van der Waals surface area contributed by atoms with Gasteiger partial charge in [0.15, 0.2) is 0 Å². The lowest BCUT2D eigenvalue weighted by atomic mass is 10.0. The first kappa shape index (κ1) is 18.2. The molecule has 6 heteroatoms. The Bertz CT molecular complexity index is 440. The monoisotopic (exact) mass is 325 g/mol. The number of nitrogens with zero attached hydrogens (tertiary/aromatic N) is 2. The molecule has 1 saturated heterocycles. The number of rotatable bonds is 2. The van der Waals surface area contributed by atoms with Crippen molar-refractivity contribution in [1.82, 2.24) is 4.90 Å². The molecule has 0 aromatic carbocycles. The Labute approximate surface area is 137 Å². The van der Waals surface area contributed by atoms with E-state index < -0.39 is 12.2 Å². The lowest BCUT2D eigenvalue weighted by molar-refractivity contribution is -0.129. The van der Waals surface area contributed by atoms with E-state index in [2.05, 4.69) is 6.92 Å². The molecule has 0 aromatic rings. The van der Waals surface area contributed by atoms with Crippen LogP contribution in [0.2, 0.25) is 0 Å². The number of likely N-dealkylation sites (tertiary alicyclic amines) is 1. The molecular weight excluding hydrogens is 297 g/mol. The van der Waals surface area contributed by atoms with Gasteiger partial charge in [0.1, 0.15) is 12.2 Å². The van der Waals surface area contributed by atoms with Crippen LogP contribution in [0.3, 0.4) is 0 Å². The van der Waals surface area contributed by atoms with E-state index in [1.807, 2.05) is 13.2 Å². The molecule has 130 valence electrons. The number of fused-ring (bicyclic) bond motifs is 1. The van der Waals surface area contributed by atoms with E-state index in [0.29, 0.717) is 6.10 Å². The van der Waals surface area contributed by atoms with E-state index in [0.717, 1.165) is 17.8 Å². The largest absolute Gasteiger partial charge is 0.381 e. The number of ether oxygens (including phenoxy) is 1. The fraction of sp³-hybridized carbons (Fsp3) is 0.882. The van der Waals surface area contributed by atoms with Crippen LogP contribution in [0.15, 0.2) is 0 Å². The molecule has 0 bridgehead atoms. The number of nitriles is 1. The highest BCUT2D eigenvalue weighted by Gasteiger charge is 2.40. The first-order valence-corrected chi connectivity index (χ1v) is 8.54. The zero-order chi connectivity index (χ0) is 17.0. The molecule has 3 aliphatic rings. The normalized spacial score (nSPS) is 38.7. The first-order chi connectivity index (χ1) is 11.0. The van der Waals surface area contributed by atoms with Gasteiger partial charge in [-0.25, -0.2) is 4.39 Å². The van der Waals surface area contributed by atoms with Gasteiger partial charge in [-0.05, 0) is 43.4 Å². The predicted molar refractivity (Wildman–Crippen MR) is 85.1 cm³/mol. The number of hydrogen-bond acceptors (Lipinski definition) is 4. The molecule has 6 atom stereocenters. The third kappa shape index (κ3) is 4.42. The summed E-state index contributed by atoms with van der Waals surface area (Å²) in [6.45, 7) is 2.24. The van der Waals surface area contributed by atoms with Crippen molar-refractivity contribution in [1.29, 1.82) is 5.26 Å². The number of halogens is 1. The van der Waals surface area contributed by atoms with Crippen LogP contribution in [-0.2, 0) is 9.53 Å². The Kier molecular flexibility index (Phi) is 6.37. The van der Waals surface area contributed by atoms with Crippen molar-refractivity contribution in [3.63, 3.8) is 0 Å². The molecule has 2 N–H and O–H groups in total. The summed E-state index contributed by atoms with van der Waals surface area (Å²) in [6.07, 6.45) is 5.23. The Morgan fingerprint density at radius 2 is 1.91 bits per heavy atom. The third-order valence-corrected chi connectivity index (χ3v) is 5.44. The summed E-state index contributed by atoms with van der Waals surface area (Å²) in [5.74, 6) is 2.65. The molecule has 0 aromatic heterocycles. The van der Waals surface area contributed by atoms with Crippen LogP contribution >= 0.6 is 0 Å². The van der Waals surface area contributed by atoms with Gasteiger partial charge in [-0.3, -0.25) is 4.79 Å². The number of hydrogen-bond donors (Lipinski definition) is 1. The van der Waals surface area contributed by atoms with Crippen LogP contribution in [0.1, 0.15) is 39.0 Å². The van der Waals surface area contributed by atoms with Crippen LogP contribution in [-0.4, -0.2) is 49.3 Å². The maximum Gasteiger partial charge on any atom is 0.237 e. The predicted octanol–water partition coefficient (Wildman–Crippen LogP) is 1.87. The molecule has 1 heterocycles. The van der Waals surface area contributed by atoms with Crippen molar-refractivity contribution in [2.75, 3.05) is 20.2 Å². The SMILES string of the molecule is COC1C[C@H]2CC(C)C[C@H]2C1.N#CC1CC(F)CN1C(=O)CN. The molecule has 23 heavy (non-hydrogen) atoms. The molecule has 2 aliphatic carbocycles. The molecule has 0 spiro atoms. The molecule has 1 amide bonds. The zero-order valence-electron chi connectivity index (χ0n) is 14.1. The van der Waals surface area contributed by atoms with Crippen LogP contribution in [0.5, 0.6) is 0 Å². The molecule has 1 aliphatic heterocycles. The van der Waals surface area contributed by atoms with Crippen molar-refractivity contribution < 1.29 is 13.9 Å². The summed E-state index contributed by atoms with van der Waals surface area (Å²) in [4.78, 5) is 12.2. The van der Waals surface area contributed by atoms with Gasteiger partial charge in [0.25, 0.3) is 0 Å². The fourth-order valence-corrected chi connectivity index (χ4v) is 4.36. The summed E-state index contributed by atoms with van der Waals surface area (Å²) < 4.78 is 18.1. The summed E-state index contributed by atoms with van der Waals surface area (Å²) >= 11 is 0. The zero-order valence-corrected chi connectivity index (χ0v) is 14.1. The minimum absolute atomic E-state index is 0.00819. The van der Waals surface area contributed by atoms with Crippen molar-refractivity contribution in [2.45, 2.75) is 57.3 Å². The van der Waals surface area contributed by atoms with Gasteiger partial charge in [-0.15, -0.1) is 0 Å². The second-order valence-electron chi connectivity index (χ2n) is 7.15. The summed E-state index contributed by atoms with van der Waals surface area (Å²) in [7, 11) is 1.86. The third-order valence-electron chi connectivity index (χ3n) is 5.44. The van der Waals surface area contributed by atoms with Crippen molar-refractivity contribution >= 4 is 5.91 Å². The lowest BCUT2D eigenvalue weighted by Crippen LogP contribution is -2.39. The van der Waals surface area contributed by atoms with Gasteiger partial charge in [0, 0.05) is 13.5 Å². The van der Waals surface area contributed by atoms with Crippen molar-refractivity contribution in [3.8, 4) is 6.07 Å². The highest BCUT2D eigenvalue weighted by atomic mass is 19.1. The quantitative estimate of drug-likeness (QED) is 0.840. The van der Waals surface area contributed by atoms with Gasteiger partial charge >= 0.3 is 0 Å². The Morgan fingerprint density at radius 3 is 2.39 bits per heavy atom. The molecule has 3 rings (SSSR count). The molecular formula is C17H28FN3O2.